The van der Waals surface area contributed by atoms with E-state index in [9.17, 15) is 4.39 Å². The quantitative estimate of drug-likeness (QED) is 0.356. The van der Waals surface area contributed by atoms with Crippen LogP contribution in [0.5, 0.6) is 11.5 Å². The molecule has 176 valence electrons. The van der Waals surface area contributed by atoms with E-state index in [4.69, 9.17) is 19.6 Å². The van der Waals surface area contributed by atoms with Gasteiger partial charge in [0.15, 0.2) is 0 Å². The summed E-state index contributed by atoms with van der Waals surface area (Å²) in [4.78, 5) is 4.73. The third-order valence-corrected chi connectivity index (χ3v) is 6.93. The molecule has 2 aliphatic heterocycles. The van der Waals surface area contributed by atoms with Gasteiger partial charge in [-0.25, -0.2) is 9.07 Å². The number of fused-ring (bicyclic) bond motifs is 3. The van der Waals surface area contributed by atoms with Crippen LogP contribution in [0.4, 0.5) is 10.3 Å². The van der Waals surface area contributed by atoms with Crippen LogP contribution in [0.25, 0.3) is 5.70 Å². The van der Waals surface area contributed by atoms with Crippen LogP contribution in [0.1, 0.15) is 34.4 Å². The lowest BCUT2D eigenvalue weighted by Gasteiger charge is -2.39. The van der Waals surface area contributed by atoms with Crippen LogP contribution in [0.3, 0.4) is 0 Å². The first-order valence-corrected chi connectivity index (χ1v) is 12.5. The number of nitrogens with zero attached hydrogens (tertiary/aromatic N) is 3. The Kier molecular flexibility index (Phi) is 5.25. The molecule has 1 aromatic heterocycles. The minimum absolute atomic E-state index is 0.286. The summed E-state index contributed by atoms with van der Waals surface area (Å²) in [5, 5.41) is 9.02. The number of thioether (sulfide) groups is 1. The van der Waals surface area contributed by atoms with Gasteiger partial charge in [-0.3, -0.25) is 0 Å². The van der Waals surface area contributed by atoms with E-state index in [0.717, 1.165) is 45.0 Å². The number of nitrogens with one attached hydrogen (secondary N) is 1. The number of halogens is 1. The summed E-state index contributed by atoms with van der Waals surface area (Å²) in [7, 11) is 1.65. The van der Waals surface area contributed by atoms with Crippen molar-refractivity contribution >= 4 is 23.4 Å². The predicted octanol–water partition coefficient (Wildman–Crippen LogP) is 6.02. The highest BCUT2D eigenvalue weighted by Gasteiger charge is 2.41. The number of rotatable bonds is 4. The van der Waals surface area contributed by atoms with Gasteiger partial charge in [0.2, 0.25) is 11.1 Å². The number of ether oxygens (including phenoxy) is 2. The highest BCUT2D eigenvalue weighted by Crippen LogP contribution is 2.51. The molecule has 0 spiro atoms. The third-order valence-electron chi connectivity index (χ3n) is 6.40. The summed E-state index contributed by atoms with van der Waals surface area (Å²) in [6.07, 6.45) is 1.51. The Balaban J connectivity index is 1.62. The van der Waals surface area contributed by atoms with E-state index in [-0.39, 0.29) is 11.9 Å². The SMILES string of the molecule is COc1ccc([C@H]2C3=C(Nc4nc(SC)nn42)c2cc(C)ccc2O[C@@H]3c2ccc(F)cc2)cc1. The van der Waals surface area contributed by atoms with Crippen molar-refractivity contribution in [2.45, 2.75) is 24.2 Å². The lowest BCUT2D eigenvalue weighted by Crippen LogP contribution is -2.32. The van der Waals surface area contributed by atoms with Crippen LogP contribution in [0.15, 0.2) is 77.5 Å². The van der Waals surface area contributed by atoms with E-state index in [1.807, 2.05) is 47.3 Å². The van der Waals surface area contributed by atoms with Crippen molar-refractivity contribution in [3.8, 4) is 11.5 Å². The highest BCUT2D eigenvalue weighted by molar-refractivity contribution is 7.98. The van der Waals surface area contributed by atoms with Crippen LogP contribution in [0.2, 0.25) is 0 Å². The molecule has 3 heterocycles. The maximum Gasteiger partial charge on any atom is 0.227 e. The second-order valence-corrected chi connectivity index (χ2v) is 9.32. The van der Waals surface area contributed by atoms with Gasteiger partial charge in [0.05, 0.1) is 12.8 Å². The van der Waals surface area contributed by atoms with E-state index in [2.05, 4.69) is 18.3 Å². The Morgan fingerprint density at radius 1 is 1.03 bits per heavy atom. The molecule has 6 nitrogen and oxygen atoms in total. The lowest BCUT2D eigenvalue weighted by molar-refractivity contribution is 0.222. The minimum atomic E-state index is -0.449. The topological polar surface area (TPSA) is 61.2 Å². The average Bonchev–Trinajstić information content (AvgIpc) is 3.31. The van der Waals surface area contributed by atoms with Crippen LogP contribution in [0, 0.1) is 12.7 Å². The molecule has 0 radical (unpaired) electrons. The molecule has 1 N–H and O–H groups in total. The Bertz CT molecular complexity index is 1450. The van der Waals surface area contributed by atoms with Crippen molar-refractivity contribution in [3.63, 3.8) is 0 Å². The monoisotopic (exact) mass is 486 g/mol. The van der Waals surface area contributed by atoms with Gasteiger partial charge in [-0.15, -0.1) is 5.10 Å². The maximum atomic E-state index is 13.8. The molecule has 0 saturated carbocycles. The van der Waals surface area contributed by atoms with Gasteiger partial charge in [0.25, 0.3) is 0 Å². The minimum Gasteiger partial charge on any atom is -0.497 e. The molecule has 0 unspecified atom stereocenters. The molecule has 2 atom stereocenters. The Hall–Kier alpha value is -3.78. The lowest BCUT2D eigenvalue weighted by atomic mass is 9.84. The van der Waals surface area contributed by atoms with Gasteiger partial charge in [-0.05, 0) is 60.7 Å². The molecule has 0 saturated heterocycles. The van der Waals surface area contributed by atoms with Crippen molar-refractivity contribution in [3.05, 3.63) is 100 Å². The fourth-order valence-corrected chi connectivity index (χ4v) is 5.08. The summed E-state index contributed by atoms with van der Waals surface area (Å²) in [6, 6.07) is 20.3. The largest absolute Gasteiger partial charge is 0.497 e. The van der Waals surface area contributed by atoms with Crippen molar-refractivity contribution in [1.29, 1.82) is 0 Å². The summed E-state index contributed by atoms with van der Waals surface area (Å²) >= 11 is 1.49. The highest BCUT2D eigenvalue weighted by atomic mass is 32.2. The Labute approximate surface area is 206 Å². The second-order valence-electron chi connectivity index (χ2n) is 8.55. The first-order valence-electron chi connectivity index (χ1n) is 11.2. The van der Waals surface area contributed by atoms with E-state index in [0.29, 0.717) is 11.1 Å². The number of aryl methyl sites for hydroxylation is 1. The zero-order valence-electron chi connectivity index (χ0n) is 19.4. The van der Waals surface area contributed by atoms with Gasteiger partial charge < -0.3 is 14.8 Å². The molecule has 4 aromatic rings. The first-order chi connectivity index (χ1) is 17.1. The van der Waals surface area contributed by atoms with Gasteiger partial charge in [-0.2, -0.15) is 4.98 Å². The van der Waals surface area contributed by atoms with Gasteiger partial charge in [-0.1, -0.05) is 47.7 Å². The molecule has 2 aliphatic rings. The van der Waals surface area contributed by atoms with E-state index in [1.165, 1.54) is 23.9 Å². The average molecular weight is 487 g/mol. The normalized spacial score (nSPS) is 18.2. The fourth-order valence-electron chi connectivity index (χ4n) is 4.73. The van der Waals surface area contributed by atoms with Crippen LogP contribution >= 0.6 is 11.8 Å². The predicted molar refractivity (Wildman–Crippen MR) is 134 cm³/mol. The summed E-state index contributed by atoms with van der Waals surface area (Å²) in [6.45, 7) is 2.06. The second kappa shape index (κ2) is 8.46. The Morgan fingerprint density at radius 3 is 2.49 bits per heavy atom. The van der Waals surface area contributed by atoms with Gasteiger partial charge in [0, 0.05) is 11.1 Å². The zero-order chi connectivity index (χ0) is 24.1. The van der Waals surface area contributed by atoms with Crippen LogP contribution in [-0.4, -0.2) is 28.1 Å². The molecule has 0 fully saturated rings. The summed E-state index contributed by atoms with van der Waals surface area (Å²) in [5.41, 5.74) is 5.91. The molecular formula is C27H23FN4O2S. The van der Waals surface area contributed by atoms with E-state index >= 15 is 0 Å². The number of aromatic nitrogens is 3. The molecular weight excluding hydrogens is 463 g/mol. The number of methoxy groups -OCH3 is 1. The number of benzene rings is 3. The maximum absolute atomic E-state index is 13.8. The third kappa shape index (κ3) is 3.65. The molecule has 0 bridgehead atoms. The standard InChI is InChI=1S/C27H23FN4O2S/c1-15-4-13-21-20(14-15)23-22(25(34-21)17-5-9-18(28)10-6-17)24(16-7-11-19(33-2)12-8-16)32-26(29-23)30-27(31-32)35-3/h4-14,24-25H,1-3H3,(H,29,30,31)/t24-,25+/m0/s1. The summed E-state index contributed by atoms with van der Waals surface area (Å²) in [5.74, 6) is 1.92. The smallest absolute Gasteiger partial charge is 0.227 e. The van der Waals surface area contributed by atoms with Crippen molar-refractivity contribution < 1.29 is 13.9 Å². The molecule has 3 aromatic carbocycles. The fraction of sp³-hybridized carbons (Fsp3) is 0.185. The molecule has 0 aliphatic carbocycles. The van der Waals surface area contributed by atoms with Crippen molar-refractivity contribution in [2.75, 3.05) is 18.7 Å². The van der Waals surface area contributed by atoms with Crippen molar-refractivity contribution in [1.82, 2.24) is 14.8 Å². The molecule has 6 rings (SSSR count). The number of anilines is 1. The van der Waals surface area contributed by atoms with Gasteiger partial charge in [0.1, 0.15) is 29.5 Å². The first kappa shape index (κ1) is 21.7. The summed E-state index contributed by atoms with van der Waals surface area (Å²) < 4.78 is 27.7. The van der Waals surface area contributed by atoms with E-state index in [1.54, 1.807) is 19.2 Å². The van der Waals surface area contributed by atoms with Crippen LogP contribution < -0.4 is 14.8 Å². The molecule has 35 heavy (non-hydrogen) atoms. The van der Waals surface area contributed by atoms with Gasteiger partial charge >= 0.3 is 0 Å². The number of hydrogen-bond acceptors (Lipinski definition) is 6. The Morgan fingerprint density at radius 2 is 1.77 bits per heavy atom. The van der Waals surface area contributed by atoms with Crippen molar-refractivity contribution in [2.24, 2.45) is 0 Å². The van der Waals surface area contributed by atoms with Crippen LogP contribution in [-0.2, 0) is 0 Å². The zero-order valence-corrected chi connectivity index (χ0v) is 20.3. The molecule has 8 heteroatoms. The number of hydrogen-bond donors (Lipinski definition) is 1. The van der Waals surface area contributed by atoms with E-state index < -0.39 is 6.10 Å². The molecule has 0 amide bonds.